The molecule has 0 aliphatic heterocycles. The molecule has 1 N–H and O–H groups in total. The molecule has 0 fully saturated rings. The molecule has 0 heterocycles. The third kappa shape index (κ3) is 10.3. The number of carboxylic acid groups (broad SMARTS) is 1. The monoisotopic (exact) mass is 272 g/mol. The van der Waals surface area contributed by atoms with Crippen molar-refractivity contribution in [3.8, 4) is 0 Å². The fourth-order valence-corrected chi connectivity index (χ4v) is 1.39. The van der Waals surface area contributed by atoms with E-state index in [1.54, 1.807) is 26.8 Å². The second kappa shape index (κ2) is 8.69. The van der Waals surface area contributed by atoms with Crippen molar-refractivity contribution in [2.45, 2.75) is 45.6 Å². The normalized spacial score (nSPS) is 12.8. The van der Waals surface area contributed by atoms with E-state index in [-0.39, 0.29) is 6.42 Å². The van der Waals surface area contributed by atoms with E-state index in [1.807, 2.05) is 0 Å². The van der Waals surface area contributed by atoms with Crippen molar-refractivity contribution in [2.75, 3.05) is 13.2 Å². The standard InChI is InChI=1S/C14H24O5/c1-5-6-8-18-9-7-11(13(16)17)10-12(15)19-14(2,3)4/h5,11H,1,6-10H2,2-4H3,(H,16,17)/t11-/m1/s1. The summed E-state index contributed by atoms with van der Waals surface area (Å²) in [5.74, 6) is -2.26. The van der Waals surface area contributed by atoms with Crippen LogP contribution in [0.2, 0.25) is 0 Å². The van der Waals surface area contributed by atoms with Crippen molar-refractivity contribution in [1.29, 1.82) is 0 Å². The average molecular weight is 272 g/mol. The smallest absolute Gasteiger partial charge is 0.307 e. The molecule has 0 aliphatic carbocycles. The van der Waals surface area contributed by atoms with E-state index in [1.165, 1.54) is 0 Å². The highest BCUT2D eigenvalue weighted by atomic mass is 16.6. The molecule has 0 bridgehead atoms. The summed E-state index contributed by atoms with van der Waals surface area (Å²) in [4.78, 5) is 22.6. The number of ether oxygens (including phenoxy) is 2. The summed E-state index contributed by atoms with van der Waals surface area (Å²) in [6, 6.07) is 0. The number of hydrogen-bond donors (Lipinski definition) is 1. The van der Waals surface area contributed by atoms with Gasteiger partial charge in [0, 0.05) is 13.2 Å². The lowest BCUT2D eigenvalue weighted by molar-refractivity contribution is -0.160. The van der Waals surface area contributed by atoms with E-state index in [4.69, 9.17) is 14.6 Å². The Morgan fingerprint density at radius 3 is 2.42 bits per heavy atom. The predicted molar refractivity (Wildman–Crippen MR) is 71.8 cm³/mol. The lowest BCUT2D eigenvalue weighted by Gasteiger charge is -2.21. The third-order valence-corrected chi connectivity index (χ3v) is 2.26. The lowest BCUT2D eigenvalue weighted by Crippen LogP contribution is -2.27. The molecule has 0 unspecified atom stereocenters. The van der Waals surface area contributed by atoms with Crippen molar-refractivity contribution < 1.29 is 24.2 Å². The highest BCUT2D eigenvalue weighted by Crippen LogP contribution is 2.15. The van der Waals surface area contributed by atoms with Crippen LogP contribution in [0.15, 0.2) is 12.7 Å². The van der Waals surface area contributed by atoms with Crippen LogP contribution in [0.3, 0.4) is 0 Å². The van der Waals surface area contributed by atoms with Crippen molar-refractivity contribution >= 4 is 11.9 Å². The number of esters is 1. The van der Waals surface area contributed by atoms with Gasteiger partial charge < -0.3 is 14.6 Å². The quantitative estimate of drug-likeness (QED) is 0.396. The zero-order valence-corrected chi connectivity index (χ0v) is 12.0. The molecule has 0 amide bonds. The van der Waals surface area contributed by atoms with Gasteiger partial charge in [0.25, 0.3) is 0 Å². The van der Waals surface area contributed by atoms with E-state index in [0.717, 1.165) is 6.42 Å². The third-order valence-electron chi connectivity index (χ3n) is 2.26. The SMILES string of the molecule is C=CCCOCC[C@H](CC(=O)OC(C)(C)C)C(=O)O. The highest BCUT2D eigenvalue weighted by Gasteiger charge is 2.24. The summed E-state index contributed by atoms with van der Waals surface area (Å²) in [5, 5.41) is 9.04. The maximum absolute atomic E-state index is 11.6. The largest absolute Gasteiger partial charge is 0.481 e. The summed E-state index contributed by atoms with van der Waals surface area (Å²) in [5.41, 5.74) is -0.597. The van der Waals surface area contributed by atoms with Crippen molar-refractivity contribution in [3.05, 3.63) is 12.7 Å². The van der Waals surface area contributed by atoms with Gasteiger partial charge >= 0.3 is 11.9 Å². The fourth-order valence-electron chi connectivity index (χ4n) is 1.39. The van der Waals surface area contributed by atoms with Gasteiger partial charge in [-0.05, 0) is 33.6 Å². The van der Waals surface area contributed by atoms with Crippen LogP contribution in [0.4, 0.5) is 0 Å². The minimum atomic E-state index is -1.00. The highest BCUT2D eigenvalue weighted by molar-refractivity contribution is 5.78. The molecule has 0 radical (unpaired) electrons. The van der Waals surface area contributed by atoms with Crippen LogP contribution in [0, 0.1) is 5.92 Å². The van der Waals surface area contributed by atoms with Crippen molar-refractivity contribution in [2.24, 2.45) is 5.92 Å². The minimum Gasteiger partial charge on any atom is -0.481 e. The number of rotatable bonds is 9. The van der Waals surface area contributed by atoms with E-state index < -0.39 is 23.5 Å². The maximum atomic E-state index is 11.6. The van der Waals surface area contributed by atoms with E-state index in [0.29, 0.717) is 19.6 Å². The van der Waals surface area contributed by atoms with Gasteiger partial charge in [-0.25, -0.2) is 0 Å². The average Bonchev–Trinajstić information content (AvgIpc) is 2.24. The first-order valence-corrected chi connectivity index (χ1v) is 6.39. The lowest BCUT2D eigenvalue weighted by atomic mass is 10.0. The van der Waals surface area contributed by atoms with Crippen molar-refractivity contribution in [1.82, 2.24) is 0 Å². The second-order valence-corrected chi connectivity index (χ2v) is 5.30. The van der Waals surface area contributed by atoms with Crippen LogP contribution in [0.1, 0.15) is 40.0 Å². The zero-order valence-electron chi connectivity index (χ0n) is 12.0. The van der Waals surface area contributed by atoms with Crippen LogP contribution in [0.25, 0.3) is 0 Å². The zero-order chi connectivity index (χ0) is 14.9. The van der Waals surface area contributed by atoms with Gasteiger partial charge in [0.2, 0.25) is 0 Å². The molecular weight excluding hydrogens is 248 g/mol. The van der Waals surface area contributed by atoms with E-state index >= 15 is 0 Å². The Bertz CT molecular complexity index is 303. The Morgan fingerprint density at radius 2 is 1.95 bits per heavy atom. The first-order chi connectivity index (χ1) is 8.76. The van der Waals surface area contributed by atoms with Crippen LogP contribution < -0.4 is 0 Å². The summed E-state index contributed by atoms with van der Waals surface area (Å²) < 4.78 is 10.4. The van der Waals surface area contributed by atoms with Crippen LogP contribution in [0.5, 0.6) is 0 Å². The van der Waals surface area contributed by atoms with Crippen LogP contribution in [-0.4, -0.2) is 35.9 Å². The van der Waals surface area contributed by atoms with Gasteiger partial charge in [-0.2, -0.15) is 0 Å². The van der Waals surface area contributed by atoms with Gasteiger partial charge in [-0.1, -0.05) is 6.08 Å². The maximum Gasteiger partial charge on any atom is 0.307 e. The van der Waals surface area contributed by atoms with Crippen LogP contribution in [-0.2, 0) is 19.1 Å². The first kappa shape index (κ1) is 17.6. The Hall–Kier alpha value is -1.36. The molecule has 0 aromatic carbocycles. The molecule has 110 valence electrons. The summed E-state index contributed by atoms with van der Waals surface area (Å²) in [6.45, 7) is 9.64. The summed E-state index contributed by atoms with van der Waals surface area (Å²) >= 11 is 0. The summed E-state index contributed by atoms with van der Waals surface area (Å²) in [6.07, 6.45) is 2.63. The molecule has 0 saturated heterocycles. The number of carbonyl (C=O) groups excluding carboxylic acids is 1. The molecule has 19 heavy (non-hydrogen) atoms. The molecule has 1 atom stereocenters. The minimum absolute atomic E-state index is 0.128. The van der Waals surface area contributed by atoms with Crippen LogP contribution >= 0.6 is 0 Å². The second-order valence-electron chi connectivity index (χ2n) is 5.30. The van der Waals surface area contributed by atoms with Gasteiger partial charge in [-0.15, -0.1) is 6.58 Å². The molecule has 5 nitrogen and oxygen atoms in total. The van der Waals surface area contributed by atoms with E-state index in [9.17, 15) is 9.59 Å². The molecule has 0 spiro atoms. The molecule has 0 aliphatic rings. The molecule has 5 heteroatoms. The molecule has 0 saturated carbocycles. The fraction of sp³-hybridized carbons (Fsp3) is 0.714. The first-order valence-electron chi connectivity index (χ1n) is 6.39. The van der Waals surface area contributed by atoms with E-state index in [2.05, 4.69) is 6.58 Å². The Kier molecular flexibility index (Phi) is 8.07. The Labute approximate surface area is 114 Å². The van der Waals surface area contributed by atoms with Gasteiger partial charge in [0.1, 0.15) is 5.60 Å². The predicted octanol–water partition coefficient (Wildman–Crippen LogP) is 2.40. The Morgan fingerprint density at radius 1 is 1.32 bits per heavy atom. The van der Waals surface area contributed by atoms with Gasteiger partial charge in [0.05, 0.1) is 12.3 Å². The summed E-state index contributed by atoms with van der Waals surface area (Å²) in [7, 11) is 0. The topological polar surface area (TPSA) is 72.8 Å². The van der Waals surface area contributed by atoms with Gasteiger partial charge in [0.15, 0.2) is 0 Å². The molecule has 0 aromatic rings. The number of carbonyl (C=O) groups is 2. The number of carboxylic acids is 1. The van der Waals surface area contributed by atoms with Gasteiger partial charge in [-0.3, -0.25) is 9.59 Å². The molecule has 0 aromatic heterocycles. The molecular formula is C14H24O5. The molecule has 0 rings (SSSR count). The Balaban J connectivity index is 4.08. The van der Waals surface area contributed by atoms with Crippen molar-refractivity contribution in [3.63, 3.8) is 0 Å². The number of aliphatic carboxylic acids is 1. The number of hydrogen-bond acceptors (Lipinski definition) is 4.